The van der Waals surface area contributed by atoms with Crippen LogP contribution in [0.2, 0.25) is 0 Å². The third kappa shape index (κ3) is 1.81. The van der Waals surface area contributed by atoms with Crippen LogP contribution in [-0.2, 0) is 0 Å². The van der Waals surface area contributed by atoms with Gasteiger partial charge in [-0.3, -0.25) is 14.9 Å². The fourth-order valence-corrected chi connectivity index (χ4v) is 3.61. The molecule has 4 rings (SSSR count). The molecule has 3 unspecified atom stereocenters. The maximum Gasteiger partial charge on any atom is 0.259 e. The van der Waals surface area contributed by atoms with Gasteiger partial charge in [-0.2, -0.15) is 0 Å². The molecule has 2 amide bonds. The molecule has 0 saturated carbocycles. The zero-order valence-corrected chi connectivity index (χ0v) is 11.2. The first-order chi connectivity index (χ1) is 9.70. The van der Waals surface area contributed by atoms with E-state index in [1.165, 1.54) is 19.5 Å². The largest absolute Gasteiger partial charge is 0.382 e. The van der Waals surface area contributed by atoms with E-state index in [9.17, 15) is 9.59 Å². The molecule has 0 spiro atoms. The van der Waals surface area contributed by atoms with E-state index in [0.29, 0.717) is 23.1 Å². The lowest BCUT2D eigenvalue weighted by molar-refractivity contribution is 0.0879. The highest BCUT2D eigenvalue weighted by Crippen LogP contribution is 2.30. The Morgan fingerprint density at radius 3 is 2.80 bits per heavy atom. The van der Waals surface area contributed by atoms with Crippen LogP contribution in [0.3, 0.4) is 0 Å². The average Bonchev–Trinajstić information content (AvgIpc) is 2.96. The first-order valence-corrected chi connectivity index (χ1v) is 7.19. The lowest BCUT2D eigenvalue weighted by atomic mass is 9.93. The van der Waals surface area contributed by atoms with E-state index in [2.05, 4.69) is 15.5 Å². The molecule has 5 nitrogen and oxygen atoms in total. The Bertz CT molecular complexity index is 599. The topological polar surface area (TPSA) is 61.4 Å². The van der Waals surface area contributed by atoms with Gasteiger partial charge in [0.05, 0.1) is 11.1 Å². The number of anilines is 1. The van der Waals surface area contributed by atoms with Gasteiger partial charge in [-0.15, -0.1) is 0 Å². The van der Waals surface area contributed by atoms with E-state index in [1.54, 1.807) is 12.1 Å². The number of rotatable bonds is 2. The molecule has 2 fully saturated rings. The Morgan fingerprint density at radius 1 is 1.10 bits per heavy atom. The molecule has 1 aromatic carbocycles. The number of nitrogens with one attached hydrogen (secondary N) is 2. The highest BCUT2D eigenvalue weighted by atomic mass is 16.2. The van der Waals surface area contributed by atoms with E-state index >= 15 is 0 Å². The summed E-state index contributed by atoms with van der Waals surface area (Å²) in [6.45, 7) is 3.55. The number of amides is 2. The highest BCUT2D eigenvalue weighted by Gasteiger charge is 2.34. The molecule has 3 aliphatic heterocycles. The van der Waals surface area contributed by atoms with Gasteiger partial charge < -0.3 is 10.2 Å². The molecule has 2 saturated heterocycles. The molecule has 104 valence electrons. The zero-order valence-electron chi connectivity index (χ0n) is 11.2. The van der Waals surface area contributed by atoms with Crippen molar-refractivity contribution in [3.05, 3.63) is 29.3 Å². The highest BCUT2D eigenvalue weighted by molar-refractivity contribution is 6.21. The molecule has 0 aliphatic carbocycles. The minimum absolute atomic E-state index is 0.288. The second kappa shape index (κ2) is 4.31. The number of fused-ring (bicyclic) bond motifs is 3. The molecule has 3 aliphatic rings. The van der Waals surface area contributed by atoms with Crippen molar-refractivity contribution in [3.63, 3.8) is 0 Å². The quantitative estimate of drug-likeness (QED) is 0.790. The van der Waals surface area contributed by atoms with Gasteiger partial charge in [0.1, 0.15) is 0 Å². The average molecular weight is 271 g/mol. The summed E-state index contributed by atoms with van der Waals surface area (Å²) in [5, 5.41) is 5.88. The summed E-state index contributed by atoms with van der Waals surface area (Å²) >= 11 is 0. The molecular weight excluding hydrogens is 254 g/mol. The van der Waals surface area contributed by atoms with Gasteiger partial charge in [0, 0.05) is 24.8 Å². The Balaban J connectivity index is 1.56. The number of nitrogens with zero attached hydrogens (tertiary/aromatic N) is 1. The Kier molecular flexibility index (Phi) is 2.57. The second-order valence-electron chi connectivity index (χ2n) is 5.93. The number of carbonyl (C=O) groups excluding carboxylic acids is 2. The van der Waals surface area contributed by atoms with Crippen molar-refractivity contribution in [3.8, 4) is 0 Å². The minimum atomic E-state index is -0.291. The van der Waals surface area contributed by atoms with Crippen LogP contribution in [0.5, 0.6) is 0 Å². The van der Waals surface area contributed by atoms with E-state index in [4.69, 9.17) is 0 Å². The van der Waals surface area contributed by atoms with Crippen LogP contribution in [0.4, 0.5) is 5.69 Å². The number of hydrogen-bond donors (Lipinski definition) is 2. The van der Waals surface area contributed by atoms with Crippen molar-refractivity contribution in [2.24, 2.45) is 5.92 Å². The lowest BCUT2D eigenvalue weighted by Crippen LogP contribution is -2.39. The second-order valence-corrected chi connectivity index (χ2v) is 5.93. The summed E-state index contributed by atoms with van der Waals surface area (Å²) in [5.74, 6) is 0.123. The van der Waals surface area contributed by atoms with Gasteiger partial charge in [0.2, 0.25) is 0 Å². The first-order valence-electron chi connectivity index (χ1n) is 7.19. The number of hydrogen-bond acceptors (Lipinski definition) is 4. The van der Waals surface area contributed by atoms with Gasteiger partial charge >= 0.3 is 0 Å². The standard InChI is InChI=1S/C15H17N3O2/c19-14-11-2-1-10(7-12(11)15(20)17-14)16-13-4-6-18-5-3-9(13)8-18/h1-2,7,9,13,16H,3-6,8H2,(H,17,19,20). The summed E-state index contributed by atoms with van der Waals surface area (Å²) in [7, 11) is 0. The summed E-state index contributed by atoms with van der Waals surface area (Å²) in [6.07, 6.45) is 2.40. The summed E-state index contributed by atoms with van der Waals surface area (Å²) < 4.78 is 0. The monoisotopic (exact) mass is 271 g/mol. The summed E-state index contributed by atoms with van der Waals surface area (Å²) in [6, 6.07) is 5.92. The van der Waals surface area contributed by atoms with Crippen molar-refractivity contribution >= 4 is 17.5 Å². The van der Waals surface area contributed by atoms with Crippen LogP contribution in [0.1, 0.15) is 33.6 Å². The molecule has 0 aromatic heterocycles. The number of piperidine rings is 1. The van der Waals surface area contributed by atoms with Gasteiger partial charge in [-0.25, -0.2) is 0 Å². The molecule has 3 atom stereocenters. The summed E-state index contributed by atoms with van der Waals surface area (Å²) in [5.41, 5.74) is 1.92. The molecule has 0 radical (unpaired) electrons. The SMILES string of the molecule is O=C1NC(=O)c2cc(NC3CCN4CCC3C4)ccc21. The molecular formula is C15H17N3O2. The molecule has 2 bridgehead atoms. The molecule has 2 N–H and O–H groups in total. The van der Waals surface area contributed by atoms with Crippen LogP contribution >= 0.6 is 0 Å². The predicted molar refractivity (Wildman–Crippen MR) is 74.8 cm³/mol. The van der Waals surface area contributed by atoms with Crippen molar-refractivity contribution in [2.45, 2.75) is 18.9 Å². The smallest absolute Gasteiger partial charge is 0.259 e. The minimum Gasteiger partial charge on any atom is -0.382 e. The van der Waals surface area contributed by atoms with E-state index in [1.807, 2.05) is 6.07 Å². The Hall–Kier alpha value is -1.88. The lowest BCUT2D eigenvalue weighted by Gasteiger charge is -2.31. The molecule has 5 heteroatoms. The fourth-order valence-electron chi connectivity index (χ4n) is 3.61. The molecule has 3 heterocycles. The number of imide groups is 1. The van der Waals surface area contributed by atoms with E-state index in [-0.39, 0.29) is 11.8 Å². The third-order valence-electron chi connectivity index (χ3n) is 4.72. The summed E-state index contributed by atoms with van der Waals surface area (Å²) in [4.78, 5) is 25.7. The van der Waals surface area contributed by atoms with Crippen molar-refractivity contribution in [2.75, 3.05) is 25.0 Å². The molecule has 20 heavy (non-hydrogen) atoms. The fraction of sp³-hybridized carbons (Fsp3) is 0.467. The van der Waals surface area contributed by atoms with Gasteiger partial charge in [-0.1, -0.05) is 0 Å². The van der Waals surface area contributed by atoms with Gasteiger partial charge in [-0.05, 0) is 43.5 Å². The van der Waals surface area contributed by atoms with Gasteiger partial charge in [0.15, 0.2) is 0 Å². The normalized spacial score (nSPS) is 31.1. The number of benzene rings is 1. The van der Waals surface area contributed by atoms with E-state index in [0.717, 1.165) is 18.7 Å². The maximum absolute atomic E-state index is 11.7. The Morgan fingerprint density at radius 2 is 1.90 bits per heavy atom. The van der Waals surface area contributed by atoms with Crippen molar-refractivity contribution < 1.29 is 9.59 Å². The van der Waals surface area contributed by atoms with Crippen LogP contribution in [0.25, 0.3) is 0 Å². The van der Waals surface area contributed by atoms with Crippen LogP contribution in [0.15, 0.2) is 18.2 Å². The molecule has 1 aromatic rings. The predicted octanol–water partition coefficient (Wildman–Crippen LogP) is 1.08. The Labute approximate surface area is 117 Å². The van der Waals surface area contributed by atoms with Crippen LogP contribution in [0, 0.1) is 5.92 Å². The maximum atomic E-state index is 11.7. The van der Waals surface area contributed by atoms with Gasteiger partial charge in [0.25, 0.3) is 11.8 Å². The van der Waals surface area contributed by atoms with Crippen molar-refractivity contribution in [1.82, 2.24) is 10.2 Å². The first kappa shape index (κ1) is 11.9. The van der Waals surface area contributed by atoms with E-state index < -0.39 is 0 Å². The van der Waals surface area contributed by atoms with Crippen molar-refractivity contribution in [1.29, 1.82) is 0 Å². The van der Waals surface area contributed by atoms with Crippen LogP contribution in [-0.4, -0.2) is 42.4 Å². The number of carbonyl (C=O) groups is 2. The third-order valence-corrected chi connectivity index (χ3v) is 4.72. The zero-order chi connectivity index (χ0) is 13.7. The van der Waals surface area contributed by atoms with Crippen LogP contribution < -0.4 is 10.6 Å².